The minimum atomic E-state index is -0.135. The van der Waals surface area contributed by atoms with Gasteiger partial charge in [-0.15, -0.1) is 0 Å². The molecule has 140 valence electrons. The van der Waals surface area contributed by atoms with Gasteiger partial charge in [0.15, 0.2) is 0 Å². The molecule has 0 saturated heterocycles. The molecular weight excluding hydrogens is 346 g/mol. The van der Waals surface area contributed by atoms with E-state index in [1.54, 1.807) is 6.07 Å². The number of nitrogens with zero attached hydrogens (tertiary/aromatic N) is 1. The maximum absolute atomic E-state index is 12.4. The number of aromatic nitrogens is 2. The number of benzene rings is 3. The molecule has 4 rings (SSSR count). The van der Waals surface area contributed by atoms with Gasteiger partial charge in [-0.2, -0.15) is 0 Å². The Bertz CT molecular complexity index is 1130. The second-order valence-corrected chi connectivity index (χ2v) is 7.11. The number of aryl methyl sites for hydroxylation is 1. The molecule has 4 aromatic rings. The predicted octanol–water partition coefficient (Wildman–Crippen LogP) is 4.67. The number of nitrogens with one attached hydrogen (secondary N) is 2. The molecule has 1 heterocycles. The van der Waals surface area contributed by atoms with Crippen LogP contribution in [0.4, 0.5) is 0 Å². The summed E-state index contributed by atoms with van der Waals surface area (Å²) < 4.78 is 0. The Morgan fingerprint density at radius 3 is 2.25 bits per heavy atom. The van der Waals surface area contributed by atoms with Crippen molar-refractivity contribution in [3.05, 3.63) is 112 Å². The van der Waals surface area contributed by atoms with Gasteiger partial charge in [0.25, 0.3) is 5.56 Å². The zero-order valence-electron chi connectivity index (χ0n) is 16.0. The lowest BCUT2D eigenvalue weighted by atomic mass is 9.97. The van der Waals surface area contributed by atoms with Crippen LogP contribution in [0.15, 0.2) is 83.7 Å². The van der Waals surface area contributed by atoms with E-state index in [0.29, 0.717) is 16.7 Å². The zero-order valence-corrected chi connectivity index (χ0v) is 16.0. The first-order valence-corrected chi connectivity index (χ1v) is 9.48. The topological polar surface area (TPSA) is 57.8 Å². The van der Waals surface area contributed by atoms with Gasteiger partial charge in [0.2, 0.25) is 0 Å². The molecule has 0 aliphatic rings. The molecule has 4 heteroatoms. The van der Waals surface area contributed by atoms with Crippen LogP contribution in [-0.2, 0) is 0 Å². The Balaban J connectivity index is 1.70. The standard InChI is InChI=1S/C24H23N3O/c1-16-12-14-19(15-13-16)22(18-8-4-3-5-9-18)25-17(2)23-26-21-11-7-6-10-20(21)24(28)27-23/h3-15,17,22,25H,1-2H3,(H,26,27,28)/t17-,22+/m1/s1. The SMILES string of the molecule is Cc1ccc([C@@H](N[C@H](C)c2nc3ccccc3c(=O)[nH]2)c2ccccc2)cc1. The number of para-hydroxylation sites is 1. The van der Waals surface area contributed by atoms with Gasteiger partial charge in [-0.25, -0.2) is 4.98 Å². The van der Waals surface area contributed by atoms with Gasteiger partial charge in [-0.3, -0.25) is 10.1 Å². The Kier molecular flexibility index (Phi) is 5.04. The molecule has 1 aromatic heterocycles. The van der Waals surface area contributed by atoms with Gasteiger partial charge in [0.1, 0.15) is 5.82 Å². The van der Waals surface area contributed by atoms with Crippen LogP contribution in [0.25, 0.3) is 10.9 Å². The van der Waals surface area contributed by atoms with E-state index in [1.165, 1.54) is 16.7 Å². The molecule has 0 amide bonds. The maximum atomic E-state index is 12.4. The van der Waals surface area contributed by atoms with Crippen LogP contribution in [0.3, 0.4) is 0 Å². The third kappa shape index (κ3) is 3.73. The van der Waals surface area contributed by atoms with Crippen LogP contribution in [0.5, 0.6) is 0 Å². The minimum absolute atomic E-state index is 0.00595. The Labute approximate surface area is 164 Å². The van der Waals surface area contributed by atoms with Crippen LogP contribution >= 0.6 is 0 Å². The van der Waals surface area contributed by atoms with E-state index in [2.05, 4.69) is 58.6 Å². The third-order valence-electron chi connectivity index (χ3n) is 5.00. The Morgan fingerprint density at radius 2 is 1.50 bits per heavy atom. The van der Waals surface area contributed by atoms with Crippen molar-refractivity contribution in [3.8, 4) is 0 Å². The molecule has 0 aliphatic carbocycles. The van der Waals surface area contributed by atoms with Crippen molar-refractivity contribution in [2.75, 3.05) is 0 Å². The third-order valence-corrected chi connectivity index (χ3v) is 5.00. The Hall–Kier alpha value is -3.24. The van der Waals surface area contributed by atoms with Crippen molar-refractivity contribution < 1.29 is 0 Å². The van der Waals surface area contributed by atoms with Crippen molar-refractivity contribution in [1.82, 2.24) is 15.3 Å². The summed E-state index contributed by atoms with van der Waals surface area (Å²) in [5.41, 5.74) is 4.17. The van der Waals surface area contributed by atoms with E-state index in [-0.39, 0.29) is 17.6 Å². The molecule has 0 spiro atoms. The molecule has 4 nitrogen and oxygen atoms in total. The average Bonchev–Trinajstić information content (AvgIpc) is 2.73. The monoisotopic (exact) mass is 369 g/mol. The first-order chi connectivity index (χ1) is 13.6. The quantitative estimate of drug-likeness (QED) is 0.537. The lowest BCUT2D eigenvalue weighted by molar-refractivity contribution is 0.496. The summed E-state index contributed by atoms with van der Waals surface area (Å²) in [6.45, 7) is 4.11. The summed E-state index contributed by atoms with van der Waals surface area (Å²) in [6, 6.07) is 26.1. The second kappa shape index (κ2) is 7.79. The van der Waals surface area contributed by atoms with Crippen molar-refractivity contribution in [1.29, 1.82) is 0 Å². The summed E-state index contributed by atoms with van der Waals surface area (Å²) >= 11 is 0. The highest BCUT2D eigenvalue weighted by molar-refractivity contribution is 5.77. The van der Waals surface area contributed by atoms with Gasteiger partial charge < -0.3 is 4.98 Å². The highest BCUT2D eigenvalue weighted by Gasteiger charge is 2.19. The molecule has 2 atom stereocenters. The predicted molar refractivity (Wildman–Crippen MR) is 113 cm³/mol. The van der Waals surface area contributed by atoms with Crippen LogP contribution in [0.2, 0.25) is 0 Å². The highest BCUT2D eigenvalue weighted by atomic mass is 16.1. The molecule has 3 aromatic carbocycles. The second-order valence-electron chi connectivity index (χ2n) is 7.11. The number of rotatable bonds is 5. The zero-order chi connectivity index (χ0) is 19.5. The number of hydrogen-bond acceptors (Lipinski definition) is 3. The molecule has 0 aliphatic heterocycles. The minimum Gasteiger partial charge on any atom is -0.309 e. The summed E-state index contributed by atoms with van der Waals surface area (Å²) in [7, 11) is 0. The van der Waals surface area contributed by atoms with Crippen molar-refractivity contribution in [3.63, 3.8) is 0 Å². The summed E-state index contributed by atoms with van der Waals surface area (Å²) in [5, 5.41) is 4.25. The Morgan fingerprint density at radius 1 is 0.857 bits per heavy atom. The van der Waals surface area contributed by atoms with Gasteiger partial charge >= 0.3 is 0 Å². The molecule has 0 radical (unpaired) electrons. The highest BCUT2D eigenvalue weighted by Crippen LogP contribution is 2.25. The molecule has 0 saturated carbocycles. The lowest BCUT2D eigenvalue weighted by Gasteiger charge is -2.24. The van der Waals surface area contributed by atoms with E-state index in [0.717, 1.165) is 0 Å². The molecule has 0 bridgehead atoms. The fraction of sp³-hybridized carbons (Fsp3) is 0.167. The van der Waals surface area contributed by atoms with Crippen LogP contribution < -0.4 is 10.9 Å². The normalized spacial score (nSPS) is 13.4. The number of fused-ring (bicyclic) bond motifs is 1. The molecule has 28 heavy (non-hydrogen) atoms. The molecule has 2 N–H and O–H groups in total. The van der Waals surface area contributed by atoms with Gasteiger partial charge in [-0.05, 0) is 37.1 Å². The van der Waals surface area contributed by atoms with Crippen LogP contribution in [0.1, 0.15) is 41.5 Å². The van der Waals surface area contributed by atoms with Crippen molar-refractivity contribution in [2.24, 2.45) is 0 Å². The van der Waals surface area contributed by atoms with E-state index in [1.807, 2.05) is 43.3 Å². The largest absolute Gasteiger partial charge is 0.309 e. The number of H-pyrrole nitrogens is 1. The van der Waals surface area contributed by atoms with Crippen molar-refractivity contribution in [2.45, 2.75) is 25.9 Å². The van der Waals surface area contributed by atoms with Crippen LogP contribution in [0, 0.1) is 6.92 Å². The van der Waals surface area contributed by atoms with Gasteiger partial charge in [0.05, 0.1) is 23.0 Å². The summed E-state index contributed by atoms with van der Waals surface area (Å²) in [6.07, 6.45) is 0. The van der Waals surface area contributed by atoms with E-state index in [4.69, 9.17) is 0 Å². The number of aromatic amines is 1. The summed E-state index contributed by atoms with van der Waals surface area (Å²) in [4.78, 5) is 20.1. The van der Waals surface area contributed by atoms with E-state index >= 15 is 0 Å². The lowest BCUT2D eigenvalue weighted by Crippen LogP contribution is -2.28. The van der Waals surface area contributed by atoms with Crippen molar-refractivity contribution >= 4 is 10.9 Å². The molecule has 0 fully saturated rings. The maximum Gasteiger partial charge on any atom is 0.258 e. The average molecular weight is 369 g/mol. The van der Waals surface area contributed by atoms with E-state index in [9.17, 15) is 4.79 Å². The first-order valence-electron chi connectivity index (χ1n) is 9.48. The smallest absolute Gasteiger partial charge is 0.258 e. The van der Waals surface area contributed by atoms with Gasteiger partial charge in [0, 0.05) is 0 Å². The molecular formula is C24H23N3O. The van der Waals surface area contributed by atoms with Crippen LogP contribution in [-0.4, -0.2) is 9.97 Å². The van der Waals surface area contributed by atoms with Gasteiger partial charge in [-0.1, -0.05) is 72.3 Å². The van der Waals surface area contributed by atoms with E-state index < -0.39 is 0 Å². The fourth-order valence-electron chi connectivity index (χ4n) is 3.43. The fourth-order valence-corrected chi connectivity index (χ4v) is 3.43. The summed E-state index contributed by atoms with van der Waals surface area (Å²) in [5.74, 6) is 0.636. The molecule has 0 unspecified atom stereocenters. The number of hydrogen-bond donors (Lipinski definition) is 2. The first kappa shape index (κ1) is 18.1.